The number of rotatable bonds is 3. The molecule has 152 valence electrons. The molecule has 5 nitrogen and oxygen atoms in total. The zero-order chi connectivity index (χ0) is 21.0. The van der Waals surface area contributed by atoms with Crippen molar-refractivity contribution in [3.63, 3.8) is 0 Å². The van der Waals surface area contributed by atoms with Crippen LogP contribution in [0.4, 0.5) is 0 Å². The first-order chi connectivity index (χ1) is 15.2. The van der Waals surface area contributed by atoms with E-state index in [1.54, 1.807) is 0 Å². The standard InChI is InChI=1S/C26H19NO4/c1-27-15-16-11-12-19-21(13-16)29-22(17-7-3-2-4-8-17)14-26(19)23-18-9-5-6-10-20(18)30-24(23)25(28)31-26/h2-14,27H,15H2,1H3. The van der Waals surface area contributed by atoms with Crippen molar-refractivity contribution in [2.24, 2.45) is 0 Å². The van der Waals surface area contributed by atoms with E-state index in [-0.39, 0.29) is 5.76 Å². The average Bonchev–Trinajstić information content (AvgIpc) is 3.31. The van der Waals surface area contributed by atoms with Crippen LogP contribution in [0.5, 0.6) is 5.75 Å². The maximum atomic E-state index is 12.9. The summed E-state index contributed by atoms with van der Waals surface area (Å²) in [7, 11) is 1.90. The number of furan rings is 1. The zero-order valence-electron chi connectivity index (χ0n) is 16.8. The Morgan fingerprint density at radius 1 is 0.968 bits per heavy atom. The van der Waals surface area contributed by atoms with Gasteiger partial charge in [-0.25, -0.2) is 4.79 Å². The fourth-order valence-corrected chi connectivity index (χ4v) is 4.52. The lowest BCUT2D eigenvalue weighted by Gasteiger charge is -2.33. The fourth-order valence-electron chi connectivity index (χ4n) is 4.52. The predicted octanol–water partition coefficient (Wildman–Crippen LogP) is 5.00. The third-order valence-corrected chi connectivity index (χ3v) is 5.85. The molecule has 2 aliphatic rings. The minimum atomic E-state index is -1.12. The maximum Gasteiger partial charge on any atom is 0.376 e. The molecule has 3 heterocycles. The number of carbonyl (C=O) groups excluding carboxylic acids is 1. The third kappa shape index (κ3) is 2.57. The summed E-state index contributed by atoms with van der Waals surface area (Å²) in [5.74, 6) is 1.08. The first-order valence-corrected chi connectivity index (χ1v) is 10.2. The summed E-state index contributed by atoms with van der Waals surface area (Å²) in [5.41, 5.74) is 3.04. The molecule has 1 unspecified atom stereocenters. The second-order valence-electron chi connectivity index (χ2n) is 7.77. The van der Waals surface area contributed by atoms with Gasteiger partial charge in [0.1, 0.15) is 17.1 Å². The molecule has 0 radical (unpaired) electrons. The Bertz CT molecular complexity index is 1370. The van der Waals surface area contributed by atoms with Crippen LogP contribution < -0.4 is 10.1 Å². The highest BCUT2D eigenvalue weighted by Gasteiger charge is 2.53. The Labute approximate surface area is 178 Å². The van der Waals surface area contributed by atoms with Crippen molar-refractivity contribution in [1.29, 1.82) is 0 Å². The zero-order valence-corrected chi connectivity index (χ0v) is 16.8. The highest BCUT2D eigenvalue weighted by atomic mass is 16.6. The van der Waals surface area contributed by atoms with Gasteiger partial charge in [0.2, 0.25) is 5.76 Å². The van der Waals surface area contributed by atoms with Gasteiger partial charge in [-0.3, -0.25) is 0 Å². The molecule has 31 heavy (non-hydrogen) atoms. The van der Waals surface area contributed by atoms with Gasteiger partial charge < -0.3 is 19.2 Å². The number of esters is 1. The molecule has 0 amide bonds. The predicted molar refractivity (Wildman–Crippen MR) is 117 cm³/mol. The van der Waals surface area contributed by atoms with Crippen molar-refractivity contribution in [1.82, 2.24) is 5.32 Å². The van der Waals surface area contributed by atoms with Crippen LogP contribution in [0.1, 0.15) is 32.8 Å². The van der Waals surface area contributed by atoms with Gasteiger partial charge in [0, 0.05) is 29.1 Å². The second-order valence-corrected chi connectivity index (χ2v) is 7.77. The third-order valence-electron chi connectivity index (χ3n) is 5.85. The second kappa shape index (κ2) is 6.59. The first kappa shape index (κ1) is 18.0. The van der Waals surface area contributed by atoms with Crippen molar-refractivity contribution >= 4 is 22.7 Å². The van der Waals surface area contributed by atoms with Crippen LogP contribution >= 0.6 is 0 Å². The van der Waals surface area contributed by atoms with Crippen molar-refractivity contribution in [3.8, 4) is 5.75 Å². The molecule has 1 aromatic heterocycles. The molecule has 0 bridgehead atoms. The van der Waals surface area contributed by atoms with Crippen LogP contribution in [0.15, 0.2) is 83.3 Å². The quantitative estimate of drug-likeness (QED) is 0.483. The number of para-hydroxylation sites is 1. The molecule has 0 saturated heterocycles. The van der Waals surface area contributed by atoms with Crippen LogP contribution in [0.2, 0.25) is 0 Å². The molecule has 0 aliphatic carbocycles. The van der Waals surface area contributed by atoms with Gasteiger partial charge >= 0.3 is 5.97 Å². The molecule has 5 heteroatoms. The van der Waals surface area contributed by atoms with Crippen molar-refractivity contribution in [2.45, 2.75) is 12.1 Å². The van der Waals surface area contributed by atoms with Gasteiger partial charge in [0.25, 0.3) is 0 Å². The summed E-state index contributed by atoms with van der Waals surface area (Å²) in [6.45, 7) is 0.702. The van der Waals surface area contributed by atoms with Gasteiger partial charge in [-0.05, 0) is 24.7 Å². The van der Waals surface area contributed by atoms with Crippen LogP contribution in [-0.2, 0) is 16.9 Å². The van der Waals surface area contributed by atoms with E-state index in [0.717, 1.165) is 27.6 Å². The number of carbonyl (C=O) groups is 1. The Balaban J connectivity index is 1.66. The minimum Gasteiger partial charge on any atom is -0.456 e. The minimum absolute atomic E-state index is 0.247. The number of ether oxygens (including phenoxy) is 2. The smallest absolute Gasteiger partial charge is 0.376 e. The summed E-state index contributed by atoms with van der Waals surface area (Å²) < 4.78 is 18.3. The van der Waals surface area contributed by atoms with Crippen LogP contribution in [0.25, 0.3) is 16.7 Å². The SMILES string of the molecule is CNCc1ccc2c(c1)OC(c1ccccc1)=CC21OC(=O)c2oc3ccccc3c21. The first-order valence-electron chi connectivity index (χ1n) is 10.2. The Morgan fingerprint density at radius 3 is 2.61 bits per heavy atom. The number of hydrogen-bond donors (Lipinski definition) is 1. The van der Waals surface area contributed by atoms with Crippen LogP contribution in [0.3, 0.4) is 0 Å². The van der Waals surface area contributed by atoms with Gasteiger partial charge in [-0.1, -0.05) is 60.7 Å². The van der Waals surface area contributed by atoms with Crippen molar-refractivity contribution in [2.75, 3.05) is 7.05 Å². The molecule has 0 saturated carbocycles. The largest absolute Gasteiger partial charge is 0.456 e. The molecule has 3 aromatic carbocycles. The van der Waals surface area contributed by atoms with E-state index in [9.17, 15) is 4.79 Å². The summed E-state index contributed by atoms with van der Waals surface area (Å²) >= 11 is 0. The topological polar surface area (TPSA) is 60.7 Å². The number of benzene rings is 3. The molecular formula is C26H19NO4. The average molecular weight is 409 g/mol. The molecule has 4 aromatic rings. The summed E-state index contributed by atoms with van der Waals surface area (Å²) in [6, 6.07) is 23.5. The van der Waals surface area contributed by atoms with E-state index in [1.165, 1.54) is 0 Å². The normalized spacial score (nSPS) is 19.0. The van der Waals surface area contributed by atoms with Crippen molar-refractivity contribution in [3.05, 3.63) is 107 Å². The molecule has 6 rings (SSSR count). The summed E-state index contributed by atoms with van der Waals surface area (Å²) in [5, 5.41) is 4.03. The molecule has 1 spiro atoms. The van der Waals surface area contributed by atoms with E-state index >= 15 is 0 Å². The lowest BCUT2D eigenvalue weighted by Crippen LogP contribution is -2.30. The van der Waals surface area contributed by atoms with E-state index in [1.807, 2.05) is 85.9 Å². The molecular weight excluding hydrogens is 390 g/mol. The molecule has 0 fully saturated rings. The van der Waals surface area contributed by atoms with Crippen LogP contribution in [0, 0.1) is 0 Å². The Hall–Kier alpha value is -3.83. The van der Waals surface area contributed by atoms with Gasteiger partial charge in [-0.2, -0.15) is 0 Å². The number of hydrogen-bond acceptors (Lipinski definition) is 5. The van der Waals surface area contributed by atoms with E-state index in [4.69, 9.17) is 13.9 Å². The maximum absolute atomic E-state index is 12.9. The van der Waals surface area contributed by atoms with Crippen molar-refractivity contribution < 1.29 is 18.7 Å². The summed E-state index contributed by atoms with van der Waals surface area (Å²) in [4.78, 5) is 12.9. The number of nitrogens with one attached hydrogen (secondary N) is 1. The Kier molecular flexibility index (Phi) is 3.82. The van der Waals surface area contributed by atoms with E-state index in [2.05, 4.69) is 5.32 Å². The fraction of sp³-hybridized carbons (Fsp3) is 0.115. The lowest BCUT2D eigenvalue weighted by atomic mass is 9.82. The van der Waals surface area contributed by atoms with E-state index < -0.39 is 11.6 Å². The van der Waals surface area contributed by atoms with Gasteiger partial charge in [0.05, 0.1) is 5.56 Å². The van der Waals surface area contributed by atoms with E-state index in [0.29, 0.717) is 23.6 Å². The number of fused-ring (bicyclic) bond motifs is 6. The Morgan fingerprint density at radius 2 is 1.77 bits per heavy atom. The molecule has 1 N–H and O–H groups in total. The summed E-state index contributed by atoms with van der Waals surface area (Å²) in [6.07, 6.45) is 1.90. The lowest BCUT2D eigenvalue weighted by molar-refractivity contribution is 0.0243. The molecule has 2 aliphatic heterocycles. The van der Waals surface area contributed by atoms with Gasteiger partial charge in [0.15, 0.2) is 5.60 Å². The van der Waals surface area contributed by atoms with Gasteiger partial charge in [-0.15, -0.1) is 0 Å². The highest BCUT2D eigenvalue weighted by molar-refractivity contribution is 6.02. The van der Waals surface area contributed by atoms with Crippen LogP contribution in [-0.4, -0.2) is 13.0 Å². The molecule has 1 atom stereocenters. The highest BCUT2D eigenvalue weighted by Crippen LogP contribution is 2.53. The monoisotopic (exact) mass is 409 g/mol.